The molecule has 0 radical (unpaired) electrons. The summed E-state index contributed by atoms with van der Waals surface area (Å²) in [7, 11) is -3.14. The first-order valence-corrected chi connectivity index (χ1v) is 6.97. The molecule has 15 heavy (non-hydrogen) atoms. The molecule has 0 aromatic carbocycles. The van der Waals surface area contributed by atoms with Gasteiger partial charge in [0.15, 0.2) is 0 Å². The highest BCUT2D eigenvalue weighted by molar-refractivity contribution is 7.89. The molecule has 90 valence electrons. The van der Waals surface area contributed by atoms with Crippen LogP contribution in [0.15, 0.2) is 0 Å². The number of nitrogens with one attached hydrogen (secondary N) is 1. The van der Waals surface area contributed by atoms with Crippen LogP contribution in [0.3, 0.4) is 0 Å². The first kappa shape index (κ1) is 12.9. The average Bonchev–Trinajstić information content (AvgIpc) is 2.18. The van der Waals surface area contributed by atoms with E-state index in [1.807, 2.05) is 13.8 Å². The molecule has 0 amide bonds. The molecule has 1 heterocycles. The molecule has 6 heteroatoms. The Kier molecular flexibility index (Phi) is 4.98. The predicted molar refractivity (Wildman–Crippen MR) is 59.3 cm³/mol. The van der Waals surface area contributed by atoms with E-state index in [0.29, 0.717) is 13.2 Å². The van der Waals surface area contributed by atoms with Crippen molar-refractivity contribution in [3.05, 3.63) is 0 Å². The summed E-state index contributed by atoms with van der Waals surface area (Å²) in [4.78, 5) is 0. The van der Waals surface area contributed by atoms with Crippen molar-refractivity contribution >= 4 is 10.0 Å². The van der Waals surface area contributed by atoms with E-state index in [0.717, 1.165) is 13.1 Å². The van der Waals surface area contributed by atoms with Gasteiger partial charge in [0, 0.05) is 32.3 Å². The minimum Gasteiger partial charge on any atom is -0.381 e. The molecule has 1 N–H and O–H groups in total. The lowest BCUT2D eigenvalue weighted by molar-refractivity contribution is 0.161. The molecule has 1 rings (SSSR count). The van der Waals surface area contributed by atoms with Crippen molar-refractivity contribution in [2.45, 2.75) is 19.9 Å². The summed E-state index contributed by atoms with van der Waals surface area (Å²) >= 11 is 0. The van der Waals surface area contributed by atoms with Gasteiger partial charge >= 0.3 is 0 Å². The minimum atomic E-state index is -3.14. The Labute approximate surface area is 91.8 Å². The largest absolute Gasteiger partial charge is 0.381 e. The van der Waals surface area contributed by atoms with E-state index in [1.165, 1.54) is 0 Å². The van der Waals surface area contributed by atoms with Gasteiger partial charge in [-0.15, -0.1) is 0 Å². The van der Waals surface area contributed by atoms with Crippen molar-refractivity contribution in [3.8, 4) is 0 Å². The third-order valence-corrected chi connectivity index (χ3v) is 4.43. The van der Waals surface area contributed by atoms with Gasteiger partial charge in [-0.2, -0.15) is 4.31 Å². The van der Waals surface area contributed by atoms with Gasteiger partial charge in [-0.3, -0.25) is 0 Å². The topological polar surface area (TPSA) is 58.6 Å². The third kappa shape index (κ3) is 3.71. The fraction of sp³-hybridized carbons (Fsp3) is 1.00. The first-order valence-electron chi connectivity index (χ1n) is 5.36. The molecule has 0 spiro atoms. The number of hydrogen-bond acceptors (Lipinski definition) is 4. The monoisotopic (exact) mass is 236 g/mol. The van der Waals surface area contributed by atoms with Gasteiger partial charge in [-0.25, -0.2) is 8.42 Å². The van der Waals surface area contributed by atoms with Crippen LogP contribution >= 0.6 is 0 Å². The van der Waals surface area contributed by atoms with Crippen LogP contribution in [0.25, 0.3) is 0 Å². The lowest BCUT2D eigenvalue weighted by atomic mass is 10.3. The average molecular weight is 236 g/mol. The number of ether oxygens (including phenoxy) is 1. The lowest BCUT2D eigenvalue weighted by Gasteiger charge is -2.32. The summed E-state index contributed by atoms with van der Waals surface area (Å²) in [6.45, 7) is 6.66. The summed E-state index contributed by atoms with van der Waals surface area (Å²) < 4.78 is 30.4. The first-order chi connectivity index (χ1) is 7.08. The van der Waals surface area contributed by atoms with Gasteiger partial charge in [0.25, 0.3) is 0 Å². The Balaban J connectivity index is 2.51. The molecule has 1 saturated heterocycles. The number of hydrogen-bond donors (Lipinski definition) is 1. The summed E-state index contributed by atoms with van der Waals surface area (Å²) in [5.74, 6) is 0.0885. The SMILES string of the molecule is CCOCCS(=O)(=O)N1CCNCC1C. The van der Waals surface area contributed by atoms with E-state index < -0.39 is 10.0 Å². The third-order valence-electron chi connectivity index (χ3n) is 2.49. The van der Waals surface area contributed by atoms with Crippen molar-refractivity contribution in [2.24, 2.45) is 0 Å². The molecule has 0 saturated carbocycles. The van der Waals surface area contributed by atoms with Crippen molar-refractivity contribution in [3.63, 3.8) is 0 Å². The Morgan fingerprint density at radius 2 is 2.27 bits per heavy atom. The Hall–Kier alpha value is -0.170. The van der Waals surface area contributed by atoms with Crippen LogP contribution in [0.4, 0.5) is 0 Å². The van der Waals surface area contributed by atoms with Gasteiger partial charge in [0.05, 0.1) is 12.4 Å². The van der Waals surface area contributed by atoms with Crippen LogP contribution < -0.4 is 5.32 Å². The van der Waals surface area contributed by atoms with E-state index in [4.69, 9.17) is 4.74 Å². The summed E-state index contributed by atoms with van der Waals surface area (Å²) in [6, 6.07) is 0.0466. The van der Waals surface area contributed by atoms with Gasteiger partial charge in [0.2, 0.25) is 10.0 Å². The molecule has 1 atom stereocenters. The summed E-state index contributed by atoms with van der Waals surface area (Å²) in [5, 5.41) is 3.17. The highest BCUT2D eigenvalue weighted by Crippen LogP contribution is 2.09. The van der Waals surface area contributed by atoms with Crippen LogP contribution in [0, 0.1) is 0 Å². The maximum atomic E-state index is 11.9. The lowest BCUT2D eigenvalue weighted by Crippen LogP contribution is -2.53. The molecule has 1 aliphatic rings. The minimum absolute atomic E-state index is 0.0466. The normalized spacial score (nSPS) is 24.3. The standard InChI is InChI=1S/C9H20N2O3S/c1-3-14-6-7-15(12,13)11-5-4-10-8-9(11)2/h9-10H,3-8H2,1-2H3. The number of sulfonamides is 1. The maximum Gasteiger partial charge on any atom is 0.216 e. The zero-order chi connectivity index (χ0) is 11.3. The molecule has 1 aliphatic heterocycles. The maximum absolute atomic E-state index is 11.9. The second-order valence-corrected chi connectivity index (χ2v) is 5.72. The second kappa shape index (κ2) is 5.79. The van der Waals surface area contributed by atoms with Gasteiger partial charge < -0.3 is 10.1 Å². The Morgan fingerprint density at radius 1 is 1.53 bits per heavy atom. The van der Waals surface area contributed by atoms with Gasteiger partial charge in [-0.05, 0) is 13.8 Å². The van der Waals surface area contributed by atoms with Crippen LogP contribution in [0.5, 0.6) is 0 Å². The molecular weight excluding hydrogens is 216 g/mol. The molecule has 0 aliphatic carbocycles. The van der Waals surface area contributed by atoms with E-state index in [-0.39, 0.29) is 18.4 Å². The van der Waals surface area contributed by atoms with Crippen molar-refractivity contribution in [1.29, 1.82) is 0 Å². The molecule has 5 nitrogen and oxygen atoms in total. The van der Waals surface area contributed by atoms with E-state index >= 15 is 0 Å². The van der Waals surface area contributed by atoms with Crippen molar-refractivity contribution < 1.29 is 13.2 Å². The van der Waals surface area contributed by atoms with Crippen LogP contribution in [0.1, 0.15) is 13.8 Å². The number of nitrogens with zero attached hydrogens (tertiary/aromatic N) is 1. The highest BCUT2D eigenvalue weighted by atomic mass is 32.2. The molecule has 1 fully saturated rings. The Bertz CT molecular complexity index is 279. The quantitative estimate of drug-likeness (QED) is 0.663. The van der Waals surface area contributed by atoms with E-state index in [1.54, 1.807) is 4.31 Å². The van der Waals surface area contributed by atoms with Gasteiger partial charge in [0.1, 0.15) is 0 Å². The summed E-state index contributed by atoms with van der Waals surface area (Å²) in [5.41, 5.74) is 0. The molecule has 0 aromatic heterocycles. The van der Waals surface area contributed by atoms with Crippen LogP contribution in [-0.4, -0.2) is 57.4 Å². The fourth-order valence-corrected chi connectivity index (χ4v) is 3.22. The Morgan fingerprint density at radius 3 is 2.87 bits per heavy atom. The second-order valence-electron chi connectivity index (χ2n) is 3.68. The van der Waals surface area contributed by atoms with Crippen LogP contribution in [0.2, 0.25) is 0 Å². The highest BCUT2D eigenvalue weighted by Gasteiger charge is 2.28. The number of piperazine rings is 1. The fourth-order valence-electron chi connectivity index (χ4n) is 1.66. The van der Waals surface area contributed by atoms with E-state index in [2.05, 4.69) is 5.32 Å². The molecule has 0 aromatic rings. The molecule has 0 bridgehead atoms. The smallest absolute Gasteiger partial charge is 0.216 e. The zero-order valence-corrected chi connectivity index (χ0v) is 10.2. The van der Waals surface area contributed by atoms with Crippen LogP contribution in [-0.2, 0) is 14.8 Å². The zero-order valence-electron chi connectivity index (χ0n) is 9.40. The van der Waals surface area contributed by atoms with Gasteiger partial charge in [-0.1, -0.05) is 0 Å². The molecule has 1 unspecified atom stereocenters. The van der Waals surface area contributed by atoms with E-state index in [9.17, 15) is 8.42 Å². The molecular formula is C9H20N2O3S. The summed E-state index contributed by atoms with van der Waals surface area (Å²) in [6.07, 6.45) is 0. The number of rotatable bonds is 5. The van der Waals surface area contributed by atoms with Crippen molar-refractivity contribution in [2.75, 3.05) is 38.6 Å². The predicted octanol–water partition coefficient (Wildman–Crippen LogP) is -0.354. The van der Waals surface area contributed by atoms with Crippen molar-refractivity contribution in [1.82, 2.24) is 9.62 Å².